The molecule has 1 heterocycles. The third-order valence-electron chi connectivity index (χ3n) is 4.60. The lowest BCUT2D eigenvalue weighted by atomic mass is 9.84. The maximum atomic E-state index is 12.1. The van der Waals surface area contributed by atoms with E-state index < -0.39 is 0 Å². The molecule has 1 aliphatic heterocycles. The van der Waals surface area contributed by atoms with Gasteiger partial charge in [-0.1, -0.05) is 30.7 Å². The number of amides is 1. The molecule has 1 fully saturated rings. The Kier molecular flexibility index (Phi) is 3.47. The summed E-state index contributed by atoms with van der Waals surface area (Å²) in [5.74, 6) is 0.883. The Morgan fingerprint density at radius 1 is 1.35 bits per heavy atom. The summed E-state index contributed by atoms with van der Waals surface area (Å²) >= 11 is 0. The summed E-state index contributed by atoms with van der Waals surface area (Å²) in [7, 11) is 0. The zero-order valence-electron chi connectivity index (χ0n) is 11.6. The fourth-order valence-corrected chi connectivity index (χ4v) is 3.71. The summed E-state index contributed by atoms with van der Waals surface area (Å²) in [6.45, 7) is 0. The maximum Gasteiger partial charge on any atom is 0.224 e. The van der Waals surface area contributed by atoms with Crippen LogP contribution >= 0.6 is 0 Å². The first kappa shape index (κ1) is 13.2. The van der Waals surface area contributed by atoms with Crippen LogP contribution in [-0.4, -0.2) is 17.8 Å². The number of fused-ring (bicyclic) bond motifs is 3. The second-order valence-corrected chi connectivity index (χ2v) is 5.92. The minimum atomic E-state index is 0.0932. The quantitative estimate of drug-likeness (QED) is 0.435. The van der Waals surface area contributed by atoms with Gasteiger partial charge in [-0.3, -0.25) is 10.2 Å². The number of nitrogens with one attached hydrogen (secondary N) is 2. The number of unbranched alkanes of at least 4 members (excludes halogenated alkanes) is 1. The number of amidine groups is 1. The van der Waals surface area contributed by atoms with Crippen LogP contribution in [0.2, 0.25) is 0 Å². The Morgan fingerprint density at radius 2 is 2.15 bits per heavy atom. The average molecular weight is 271 g/mol. The van der Waals surface area contributed by atoms with E-state index in [1.165, 1.54) is 11.1 Å². The molecule has 1 amide bonds. The van der Waals surface area contributed by atoms with E-state index in [2.05, 4.69) is 29.6 Å². The van der Waals surface area contributed by atoms with Gasteiger partial charge in [0.15, 0.2) is 0 Å². The molecule has 0 aromatic heterocycles. The first-order valence-corrected chi connectivity index (χ1v) is 7.38. The predicted molar refractivity (Wildman–Crippen MR) is 78.7 cm³/mol. The van der Waals surface area contributed by atoms with Crippen LogP contribution in [0.4, 0.5) is 0 Å². The van der Waals surface area contributed by atoms with Crippen molar-refractivity contribution in [2.75, 3.05) is 0 Å². The van der Waals surface area contributed by atoms with Crippen molar-refractivity contribution in [1.29, 1.82) is 5.41 Å². The SMILES string of the molecule is N=C(N)CCCC[C@H]1C(=O)N[C@H]2Cc3ccccc3[C@@H]21. The van der Waals surface area contributed by atoms with E-state index in [1.54, 1.807) is 0 Å². The largest absolute Gasteiger partial charge is 0.388 e. The first-order valence-electron chi connectivity index (χ1n) is 7.38. The summed E-state index contributed by atoms with van der Waals surface area (Å²) in [4.78, 5) is 12.1. The van der Waals surface area contributed by atoms with Gasteiger partial charge >= 0.3 is 0 Å². The van der Waals surface area contributed by atoms with Gasteiger partial charge < -0.3 is 11.1 Å². The van der Waals surface area contributed by atoms with Crippen molar-refractivity contribution in [3.63, 3.8) is 0 Å². The number of carbonyl (C=O) groups is 1. The number of hydrogen-bond acceptors (Lipinski definition) is 2. The van der Waals surface area contributed by atoms with Crippen molar-refractivity contribution < 1.29 is 4.79 Å². The van der Waals surface area contributed by atoms with Crippen molar-refractivity contribution in [2.24, 2.45) is 11.7 Å². The normalized spacial score (nSPS) is 27.0. The van der Waals surface area contributed by atoms with Gasteiger partial charge in [-0.05, 0) is 30.4 Å². The second kappa shape index (κ2) is 5.27. The van der Waals surface area contributed by atoms with E-state index >= 15 is 0 Å². The Hall–Kier alpha value is -1.84. The Balaban J connectivity index is 1.68. The van der Waals surface area contributed by atoms with Crippen LogP contribution in [0.15, 0.2) is 24.3 Å². The zero-order valence-corrected chi connectivity index (χ0v) is 11.6. The van der Waals surface area contributed by atoms with Crippen molar-refractivity contribution in [3.05, 3.63) is 35.4 Å². The van der Waals surface area contributed by atoms with Crippen molar-refractivity contribution >= 4 is 11.7 Å². The molecule has 4 N–H and O–H groups in total. The van der Waals surface area contributed by atoms with E-state index in [1.807, 2.05) is 0 Å². The highest BCUT2D eigenvalue weighted by Crippen LogP contribution is 2.44. The fourth-order valence-electron chi connectivity index (χ4n) is 3.71. The van der Waals surface area contributed by atoms with Crippen molar-refractivity contribution in [2.45, 2.75) is 44.1 Å². The molecular weight excluding hydrogens is 250 g/mol. The molecule has 106 valence electrons. The molecular formula is C16H21N3O. The third-order valence-corrected chi connectivity index (χ3v) is 4.60. The lowest BCUT2D eigenvalue weighted by molar-refractivity contribution is -0.123. The smallest absolute Gasteiger partial charge is 0.224 e. The van der Waals surface area contributed by atoms with Gasteiger partial charge in [0.2, 0.25) is 5.91 Å². The molecule has 1 aromatic carbocycles. The summed E-state index contributed by atoms with van der Waals surface area (Å²) in [5.41, 5.74) is 8.11. The van der Waals surface area contributed by atoms with Crippen LogP contribution < -0.4 is 11.1 Å². The van der Waals surface area contributed by atoms with Crippen molar-refractivity contribution in [3.8, 4) is 0 Å². The summed E-state index contributed by atoms with van der Waals surface area (Å²) in [6.07, 6.45) is 4.37. The van der Waals surface area contributed by atoms with Gasteiger partial charge in [0.05, 0.1) is 5.84 Å². The Morgan fingerprint density at radius 3 is 2.95 bits per heavy atom. The van der Waals surface area contributed by atoms with Crippen molar-refractivity contribution in [1.82, 2.24) is 5.32 Å². The monoisotopic (exact) mass is 271 g/mol. The number of hydrogen-bond donors (Lipinski definition) is 3. The summed E-state index contributed by atoms with van der Waals surface area (Å²) in [6, 6.07) is 8.77. The molecule has 20 heavy (non-hydrogen) atoms. The minimum Gasteiger partial charge on any atom is -0.388 e. The second-order valence-electron chi connectivity index (χ2n) is 5.92. The molecule has 3 atom stereocenters. The molecule has 1 saturated heterocycles. The summed E-state index contributed by atoms with van der Waals surface area (Å²) in [5, 5.41) is 10.4. The molecule has 3 rings (SSSR count). The van der Waals surface area contributed by atoms with Gasteiger partial charge in [0.1, 0.15) is 0 Å². The van der Waals surface area contributed by atoms with Crippen LogP contribution in [-0.2, 0) is 11.2 Å². The Bertz CT molecular complexity index is 540. The molecule has 4 nitrogen and oxygen atoms in total. The molecule has 0 saturated carbocycles. The number of benzene rings is 1. The molecule has 0 unspecified atom stereocenters. The highest BCUT2D eigenvalue weighted by Gasteiger charge is 2.46. The topological polar surface area (TPSA) is 79.0 Å². The van der Waals surface area contributed by atoms with Gasteiger partial charge in [-0.25, -0.2) is 0 Å². The number of nitrogens with two attached hydrogens (primary N) is 1. The molecule has 1 aromatic rings. The van der Waals surface area contributed by atoms with Gasteiger partial charge in [-0.15, -0.1) is 0 Å². The lowest BCUT2D eigenvalue weighted by Gasteiger charge is -2.16. The lowest BCUT2D eigenvalue weighted by Crippen LogP contribution is -2.27. The molecule has 2 aliphatic rings. The highest BCUT2D eigenvalue weighted by atomic mass is 16.2. The Labute approximate surface area is 119 Å². The average Bonchev–Trinajstić information content (AvgIpc) is 2.90. The first-order chi connectivity index (χ1) is 9.66. The van der Waals surface area contributed by atoms with E-state index in [0.29, 0.717) is 12.3 Å². The van der Waals surface area contributed by atoms with E-state index in [9.17, 15) is 4.79 Å². The van der Waals surface area contributed by atoms with Crippen LogP contribution in [0, 0.1) is 11.3 Å². The minimum absolute atomic E-state index is 0.0932. The molecule has 0 radical (unpaired) electrons. The van der Waals surface area contributed by atoms with Crippen LogP contribution in [0.5, 0.6) is 0 Å². The molecule has 4 heteroatoms. The zero-order chi connectivity index (χ0) is 14.1. The highest BCUT2D eigenvalue weighted by molar-refractivity contribution is 5.84. The number of carbonyl (C=O) groups excluding carboxylic acids is 1. The maximum absolute atomic E-state index is 12.1. The third kappa shape index (κ3) is 2.30. The van der Waals surface area contributed by atoms with E-state index in [0.717, 1.165) is 25.7 Å². The molecule has 1 aliphatic carbocycles. The fraction of sp³-hybridized carbons (Fsp3) is 0.500. The van der Waals surface area contributed by atoms with Crippen LogP contribution in [0.3, 0.4) is 0 Å². The van der Waals surface area contributed by atoms with E-state index in [4.69, 9.17) is 11.1 Å². The van der Waals surface area contributed by atoms with Crippen LogP contribution in [0.1, 0.15) is 42.7 Å². The van der Waals surface area contributed by atoms with Gasteiger partial charge in [0.25, 0.3) is 0 Å². The number of rotatable bonds is 5. The molecule has 0 spiro atoms. The van der Waals surface area contributed by atoms with Gasteiger partial charge in [0, 0.05) is 24.3 Å². The molecule has 0 bridgehead atoms. The van der Waals surface area contributed by atoms with E-state index in [-0.39, 0.29) is 23.7 Å². The van der Waals surface area contributed by atoms with Gasteiger partial charge in [-0.2, -0.15) is 0 Å². The predicted octanol–water partition coefficient (Wildman–Crippen LogP) is 1.94. The standard InChI is InChI=1S/C16H21N3O/c17-14(18)8-4-3-7-12-15-11-6-2-1-5-10(11)9-13(15)19-16(12)20/h1-2,5-6,12-13,15H,3-4,7-9H2,(H3,17,18)(H,19,20)/t12-,13+,15-/m1/s1. The van der Waals surface area contributed by atoms with Crippen LogP contribution in [0.25, 0.3) is 0 Å². The summed E-state index contributed by atoms with van der Waals surface area (Å²) < 4.78 is 0.